The Kier molecular flexibility index (Phi) is 4.63. The summed E-state index contributed by atoms with van der Waals surface area (Å²) in [7, 11) is 1.74. The van der Waals surface area contributed by atoms with Crippen LogP contribution in [0.3, 0.4) is 0 Å². The Morgan fingerprint density at radius 1 is 1.20 bits per heavy atom. The quantitative estimate of drug-likeness (QED) is 0.778. The molecular weight excluding hydrogens is 336 g/mol. The topological polar surface area (TPSA) is 60.3 Å². The van der Waals surface area contributed by atoms with Crippen molar-refractivity contribution in [2.45, 2.75) is 20.8 Å². The van der Waals surface area contributed by atoms with Crippen molar-refractivity contribution in [3.05, 3.63) is 56.7 Å². The summed E-state index contributed by atoms with van der Waals surface area (Å²) < 4.78 is 8.12. The minimum atomic E-state index is -0.235. The third-order valence-electron chi connectivity index (χ3n) is 4.20. The summed E-state index contributed by atoms with van der Waals surface area (Å²) >= 11 is 1.16. The van der Waals surface area contributed by atoms with E-state index in [4.69, 9.17) is 4.74 Å². The molecule has 2 aromatic carbocycles. The van der Waals surface area contributed by atoms with Gasteiger partial charge in [0.1, 0.15) is 5.75 Å². The van der Waals surface area contributed by atoms with Gasteiger partial charge >= 0.3 is 4.87 Å². The van der Waals surface area contributed by atoms with Gasteiger partial charge in [0.2, 0.25) is 0 Å². The third-order valence-corrected chi connectivity index (χ3v) is 5.19. The molecule has 5 nitrogen and oxygen atoms in total. The lowest BCUT2D eigenvalue weighted by Crippen LogP contribution is -2.20. The number of benzene rings is 2. The van der Waals surface area contributed by atoms with Gasteiger partial charge in [-0.1, -0.05) is 17.4 Å². The molecule has 6 heteroatoms. The normalized spacial score (nSPS) is 10.9. The highest BCUT2D eigenvalue weighted by Crippen LogP contribution is 2.24. The number of nitrogens with one attached hydrogen (secondary N) is 1. The lowest BCUT2D eigenvalue weighted by Gasteiger charge is -2.12. The fourth-order valence-corrected chi connectivity index (χ4v) is 3.62. The highest BCUT2D eigenvalue weighted by Gasteiger charge is 2.09. The van der Waals surface area contributed by atoms with Gasteiger partial charge in [0, 0.05) is 12.7 Å². The van der Waals surface area contributed by atoms with Crippen LogP contribution in [0, 0.1) is 20.8 Å². The molecule has 0 aliphatic carbocycles. The highest BCUT2D eigenvalue weighted by molar-refractivity contribution is 7.16. The van der Waals surface area contributed by atoms with Crippen molar-refractivity contribution in [1.82, 2.24) is 4.57 Å². The SMILES string of the molecule is Cc1cc(C)c(C)c(OCC(=O)Nc2ccc3c(c2)sc(=O)n3C)c1. The molecule has 1 aromatic heterocycles. The number of fused-ring (bicyclic) bond motifs is 1. The predicted octanol–water partition coefficient (Wildman–Crippen LogP) is 3.54. The number of aryl methyl sites for hydroxylation is 3. The maximum atomic E-state index is 12.2. The Labute approximate surface area is 149 Å². The fourth-order valence-electron chi connectivity index (χ4n) is 2.70. The largest absolute Gasteiger partial charge is 0.483 e. The van der Waals surface area contributed by atoms with Crippen LogP contribution in [0.2, 0.25) is 0 Å². The summed E-state index contributed by atoms with van der Waals surface area (Å²) in [6.07, 6.45) is 0. The minimum Gasteiger partial charge on any atom is -0.483 e. The number of carbonyl (C=O) groups excluding carboxylic acids is 1. The third kappa shape index (κ3) is 3.58. The summed E-state index contributed by atoms with van der Waals surface area (Å²) in [5, 5.41) is 2.81. The van der Waals surface area contributed by atoms with E-state index in [0.29, 0.717) is 5.69 Å². The lowest BCUT2D eigenvalue weighted by atomic mass is 10.1. The molecule has 0 saturated carbocycles. The van der Waals surface area contributed by atoms with Crippen LogP contribution < -0.4 is 14.9 Å². The number of ether oxygens (including phenoxy) is 1. The molecule has 0 saturated heterocycles. The molecule has 0 unspecified atom stereocenters. The van der Waals surface area contributed by atoms with Crippen molar-refractivity contribution in [3.63, 3.8) is 0 Å². The van der Waals surface area contributed by atoms with E-state index < -0.39 is 0 Å². The zero-order valence-electron chi connectivity index (χ0n) is 14.7. The van der Waals surface area contributed by atoms with Gasteiger partial charge in [-0.3, -0.25) is 9.59 Å². The second kappa shape index (κ2) is 6.72. The van der Waals surface area contributed by atoms with E-state index in [1.807, 2.05) is 32.9 Å². The molecule has 1 N–H and O–H groups in total. The van der Waals surface area contributed by atoms with Crippen LogP contribution in [0.5, 0.6) is 5.75 Å². The van der Waals surface area contributed by atoms with Gasteiger partial charge in [-0.2, -0.15) is 0 Å². The zero-order valence-corrected chi connectivity index (χ0v) is 15.5. The lowest BCUT2D eigenvalue weighted by molar-refractivity contribution is -0.118. The van der Waals surface area contributed by atoms with Gasteiger partial charge in [0.25, 0.3) is 5.91 Å². The Bertz CT molecular complexity index is 1020. The van der Waals surface area contributed by atoms with Crippen LogP contribution >= 0.6 is 11.3 Å². The van der Waals surface area contributed by atoms with Gasteiger partial charge in [0.05, 0.1) is 10.2 Å². The molecule has 130 valence electrons. The fraction of sp³-hybridized carbons (Fsp3) is 0.263. The number of carbonyl (C=O) groups is 1. The molecule has 0 radical (unpaired) electrons. The minimum absolute atomic E-state index is 0.0212. The standard InChI is InChI=1S/C19H20N2O3S/c1-11-7-12(2)13(3)16(8-11)24-10-18(22)20-14-5-6-15-17(9-14)25-19(23)21(15)4/h5-9H,10H2,1-4H3,(H,20,22). The number of hydrogen-bond donors (Lipinski definition) is 1. The van der Waals surface area contributed by atoms with Crippen LogP contribution in [0.1, 0.15) is 16.7 Å². The molecule has 3 rings (SSSR count). The molecule has 0 aliphatic rings. The van der Waals surface area contributed by atoms with Gasteiger partial charge < -0.3 is 14.6 Å². The van der Waals surface area contributed by atoms with Crippen LogP contribution in [0.25, 0.3) is 10.2 Å². The average Bonchev–Trinajstić information content (AvgIpc) is 2.83. The second-order valence-electron chi connectivity index (χ2n) is 6.15. The van der Waals surface area contributed by atoms with Gasteiger partial charge in [-0.15, -0.1) is 0 Å². The van der Waals surface area contributed by atoms with Crippen molar-refractivity contribution in [2.24, 2.45) is 7.05 Å². The first-order valence-electron chi connectivity index (χ1n) is 7.95. The summed E-state index contributed by atoms with van der Waals surface area (Å²) in [5.41, 5.74) is 4.78. The Morgan fingerprint density at radius 3 is 2.72 bits per heavy atom. The van der Waals surface area contributed by atoms with Crippen molar-refractivity contribution < 1.29 is 9.53 Å². The highest BCUT2D eigenvalue weighted by atomic mass is 32.1. The van der Waals surface area contributed by atoms with Crippen LogP contribution in [-0.4, -0.2) is 17.1 Å². The first-order valence-corrected chi connectivity index (χ1v) is 8.77. The molecule has 0 fully saturated rings. The Balaban J connectivity index is 1.70. The number of rotatable bonds is 4. The van der Waals surface area contributed by atoms with Gasteiger partial charge in [0.15, 0.2) is 6.61 Å². The van der Waals surface area contributed by atoms with E-state index in [2.05, 4.69) is 11.4 Å². The number of nitrogens with zero attached hydrogens (tertiary/aromatic N) is 1. The zero-order chi connectivity index (χ0) is 18.1. The summed E-state index contributed by atoms with van der Waals surface area (Å²) in [6.45, 7) is 5.94. The first kappa shape index (κ1) is 17.2. The number of amides is 1. The maximum absolute atomic E-state index is 12.2. The van der Waals surface area contributed by atoms with Gasteiger partial charge in [-0.05, 0) is 61.7 Å². The van der Waals surface area contributed by atoms with Crippen LogP contribution in [0.15, 0.2) is 35.1 Å². The van der Waals surface area contributed by atoms with Gasteiger partial charge in [-0.25, -0.2) is 0 Å². The predicted molar refractivity (Wildman–Crippen MR) is 102 cm³/mol. The summed E-state index contributed by atoms with van der Waals surface area (Å²) in [4.78, 5) is 23.8. The molecule has 0 bridgehead atoms. The molecule has 3 aromatic rings. The molecule has 0 spiro atoms. The number of thiazole rings is 1. The Hall–Kier alpha value is -2.60. The molecule has 0 aliphatic heterocycles. The van der Waals surface area contributed by atoms with Crippen molar-refractivity contribution >= 4 is 33.1 Å². The van der Waals surface area contributed by atoms with Crippen LogP contribution in [-0.2, 0) is 11.8 Å². The second-order valence-corrected chi connectivity index (χ2v) is 7.14. The summed E-state index contributed by atoms with van der Waals surface area (Å²) in [6, 6.07) is 9.44. The number of hydrogen-bond acceptors (Lipinski definition) is 4. The van der Waals surface area contributed by atoms with E-state index in [-0.39, 0.29) is 17.4 Å². The smallest absolute Gasteiger partial charge is 0.307 e. The Morgan fingerprint density at radius 2 is 1.96 bits per heavy atom. The van der Waals surface area contributed by atoms with Crippen molar-refractivity contribution in [1.29, 1.82) is 0 Å². The molecule has 1 heterocycles. The van der Waals surface area contributed by atoms with Crippen LogP contribution in [0.4, 0.5) is 5.69 Å². The number of anilines is 1. The van der Waals surface area contributed by atoms with E-state index in [0.717, 1.165) is 44.0 Å². The monoisotopic (exact) mass is 356 g/mol. The van der Waals surface area contributed by atoms with E-state index >= 15 is 0 Å². The summed E-state index contributed by atoms with van der Waals surface area (Å²) in [5.74, 6) is 0.491. The number of aromatic nitrogens is 1. The average molecular weight is 356 g/mol. The van der Waals surface area contributed by atoms with E-state index in [1.54, 1.807) is 23.7 Å². The maximum Gasteiger partial charge on any atom is 0.307 e. The molecule has 0 atom stereocenters. The van der Waals surface area contributed by atoms with E-state index in [1.165, 1.54) is 0 Å². The van der Waals surface area contributed by atoms with E-state index in [9.17, 15) is 9.59 Å². The molecule has 1 amide bonds. The molecular formula is C19H20N2O3S. The molecule has 25 heavy (non-hydrogen) atoms. The van der Waals surface area contributed by atoms with Crippen molar-refractivity contribution in [3.8, 4) is 5.75 Å². The van der Waals surface area contributed by atoms with Crippen molar-refractivity contribution in [2.75, 3.05) is 11.9 Å². The first-order chi connectivity index (χ1) is 11.8.